The number of hydrogen-bond donors (Lipinski definition) is 0. The van der Waals surface area contributed by atoms with E-state index in [0.29, 0.717) is 44.3 Å². The standard InChI is InChI=1S/C35H34N2O7S/c1-5-6-18-43-27-17-12-24(19-28(27)41-3)20-29-32(38)37-31(25-13-15-26(16-14-25)33(39)42-4)30(22(2)36-35(37)45-29)34(40)44-21-23-10-8-7-9-11-23/h7-17,19-20,31H,5-6,18,21H2,1-4H3. The average molecular weight is 627 g/mol. The van der Waals surface area contributed by atoms with Crippen LogP contribution in [0.5, 0.6) is 11.5 Å². The Morgan fingerprint density at radius 2 is 1.73 bits per heavy atom. The van der Waals surface area contributed by atoms with Crippen LogP contribution in [0.25, 0.3) is 6.08 Å². The molecule has 0 fully saturated rings. The van der Waals surface area contributed by atoms with Gasteiger partial charge < -0.3 is 18.9 Å². The molecule has 45 heavy (non-hydrogen) atoms. The van der Waals surface area contributed by atoms with Crippen LogP contribution in [-0.2, 0) is 20.9 Å². The third kappa shape index (κ3) is 6.91. The topological polar surface area (TPSA) is 105 Å². The summed E-state index contributed by atoms with van der Waals surface area (Å²) in [7, 11) is 2.88. The molecule has 1 atom stereocenters. The van der Waals surface area contributed by atoms with E-state index in [-0.39, 0.29) is 17.7 Å². The molecular weight excluding hydrogens is 592 g/mol. The summed E-state index contributed by atoms with van der Waals surface area (Å²) in [6, 6.07) is 20.7. The number of fused-ring (bicyclic) bond motifs is 1. The molecule has 2 heterocycles. The fourth-order valence-corrected chi connectivity index (χ4v) is 6.04. The second-order valence-electron chi connectivity index (χ2n) is 10.4. The zero-order valence-electron chi connectivity index (χ0n) is 25.6. The van der Waals surface area contributed by atoms with Crippen LogP contribution in [0.4, 0.5) is 0 Å². The number of aromatic nitrogens is 1. The number of thiazole rings is 1. The van der Waals surface area contributed by atoms with E-state index in [1.165, 1.54) is 23.0 Å². The Morgan fingerprint density at radius 1 is 0.978 bits per heavy atom. The molecule has 0 spiro atoms. The lowest BCUT2D eigenvalue weighted by atomic mass is 9.95. The highest BCUT2D eigenvalue weighted by atomic mass is 32.1. The van der Waals surface area contributed by atoms with Gasteiger partial charge >= 0.3 is 11.9 Å². The Bertz CT molecular complexity index is 1910. The van der Waals surface area contributed by atoms with Gasteiger partial charge in [0, 0.05) is 0 Å². The smallest absolute Gasteiger partial charge is 0.338 e. The molecular formula is C35H34N2O7S. The van der Waals surface area contributed by atoms with Gasteiger partial charge in [-0.2, -0.15) is 0 Å². The maximum Gasteiger partial charge on any atom is 0.338 e. The first-order valence-corrected chi connectivity index (χ1v) is 15.4. The van der Waals surface area contributed by atoms with Crippen LogP contribution in [0, 0.1) is 0 Å². The van der Waals surface area contributed by atoms with Crippen LogP contribution in [0.3, 0.4) is 0 Å². The van der Waals surface area contributed by atoms with Gasteiger partial charge in [-0.15, -0.1) is 0 Å². The summed E-state index contributed by atoms with van der Waals surface area (Å²) in [5, 5.41) is 0. The van der Waals surface area contributed by atoms with Crippen LogP contribution in [0.1, 0.15) is 59.8 Å². The Hall–Kier alpha value is -4.96. The molecule has 0 amide bonds. The Balaban J connectivity index is 1.57. The van der Waals surface area contributed by atoms with Gasteiger partial charge in [0.2, 0.25) is 0 Å². The van der Waals surface area contributed by atoms with E-state index in [2.05, 4.69) is 11.9 Å². The molecule has 1 aliphatic rings. The number of allylic oxidation sites excluding steroid dienone is 1. The molecule has 1 unspecified atom stereocenters. The van der Waals surface area contributed by atoms with E-state index in [1.807, 2.05) is 48.5 Å². The zero-order chi connectivity index (χ0) is 31.9. The first-order valence-electron chi connectivity index (χ1n) is 14.6. The highest BCUT2D eigenvalue weighted by molar-refractivity contribution is 7.07. The molecule has 0 bridgehead atoms. The van der Waals surface area contributed by atoms with Crippen LogP contribution in [0.2, 0.25) is 0 Å². The van der Waals surface area contributed by atoms with E-state index in [9.17, 15) is 14.4 Å². The summed E-state index contributed by atoms with van der Waals surface area (Å²) in [6.45, 7) is 4.48. The van der Waals surface area contributed by atoms with Crippen molar-refractivity contribution in [3.05, 3.63) is 126 Å². The summed E-state index contributed by atoms with van der Waals surface area (Å²) < 4.78 is 23.9. The van der Waals surface area contributed by atoms with Crippen molar-refractivity contribution < 1.29 is 28.5 Å². The number of methoxy groups -OCH3 is 2. The van der Waals surface area contributed by atoms with Gasteiger partial charge in [-0.3, -0.25) is 9.36 Å². The SMILES string of the molecule is CCCCOc1ccc(C=c2sc3n(c2=O)C(c2ccc(C(=O)OC)cc2)C(C(=O)OCc2ccccc2)=C(C)N=3)cc1OC. The molecule has 0 aliphatic carbocycles. The fraction of sp³-hybridized carbons (Fsp3) is 0.257. The quantitative estimate of drug-likeness (QED) is 0.171. The Kier molecular flexibility index (Phi) is 9.94. The molecule has 9 nitrogen and oxygen atoms in total. The molecule has 1 aliphatic heterocycles. The summed E-state index contributed by atoms with van der Waals surface area (Å²) >= 11 is 1.22. The maximum absolute atomic E-state index is 14.1. The molecule has 4 aromatic rings. The van der Waals surface area contributed by atoms with Gasteiger partial charge in [0.05, 0.1) is 48.2 Å². The van der Waals surface area contributed by atoms with E-state index in [4.69, 9.17) is 18.9 Å². The van der Waals surface area contributed by atoms with Crippen molar-refractivity contribution in [1.29, 1.82) is 0 Å². The third-order valence-electron chi connectivity index (χ3n) is 7.34. The molecule has 1 aromatic heterocycles. The highest BCUT2D eigenvalue weighted by Gasteiger charge is 2.33. The van der Waals surface area contributed by atoms with Crippen molar-refractivity contribution in [3.8, 4) is 11.5 Å². The lowest BCUT2D eigenvalue weighted by molar-refractivity contribution is -0.140. The Labute approximate surface area is 264 Å². The van der Waals surface area contributed by atoms with Gasteiger partial charge in [0.15, 0.2) is 16.3 Å². The molecule has 0 saturated heterocycles. The van der Waals surface area contributed by atoms with E-state index < -0.39 is 18.0 Å². The van der Waals surface area contributed by atoms with Crippen LogP contribution < -0.4 is 24.4 Å². The minimum Gasteiger partial charge on any atom is -0.493 e. The van der Waals surface area contributed by atoms with E-state index in [1.54, 1.807) is 44.4 Å². The largest absolute Gasteiger partial charge is 0.493 e. The minimum atomic E-state index is -0.831. The van der Waals surface area contributed by atoms with Gasteiger partial charge in [0.1, 0.15) is 6.61 Å². The third-order valence-corrected chi connectivity index (χ3v) is 8.33. The molecule has 3 aromatic carbocycles. The molecule has 232 valence electrons. The zero-order valence-corrected chi connectivity index (χ0v) is 26.4. The van der Waals surface area contributed by atoms with Crippen molar-refractivity contribution in [2.75, 3.05) is 20.8 Å². The lowest BCUT2D eigenvalue weighted by Gasteiger charge is -2.25. The highest BCUT2D eigenvalue weighted by Crippen LogP contribution is 2.32. The summed E-state index contributed by atoms with van der Waals surface area (Å²) in [5.41, 5.74) is 2.91. The second kappa shape index (κ2) is 14.2. The summed E-state index contributed by atoms with van der Waals surface area (Å²) in [5.74, 6) is 0.126. The van der Waals surface area contributed by atoms with Crippen LogP contribution in [-0.4, -0.2) is 37.3 Å². The average Bonchev–Trinajstić information content (AvgIpc) is 3.37. The number of unbranched alkanes of at least 4 members (excludes halogenated alkanes) is 1. The van der Waals surface area contributed by atoms with Gasteiger partial charge in [-0.1, -0.05) is 73.2 Å². The first kappa shape index (κ1) is 31.5. The predicted molar refractivity (Wildman–Crippen MR) is 171 cm³/mol. The maximum atomic E-state index is 14.1. The number of rotatable bonds is 11. The van der Waals surface area contributed by atoms with E-state index >= 15 is 0 Å². The number of carbonyl (C=O) groups excluding carboxylic acids is 2. The number of esters is 2. The van der Waals surface area contributed by atoms with Gasteiger partial charge in [-0.05, 0) is 60.4 Å². The fourth-order valence-electron chi connectivity index (χ4n) is 4.99. The number of ether oxygens (including phenoxy) is 4. The number of benzene rings is 3. The molecule has 10 heteroatoms. The number of hydrogen-bond acceptors (Lipinski definition) is 9. The molecule has 0 radical (unpaired) electrons. The van der Waals surface area contributed by atoms with Gasteiger partial charge in [-0.25, -0.2) is 14.6 Å². The number of carbonyl (C=O) groups is 2. The second-order valence-corrected chi connectivity index (χ2v) is 11.4. The van der Waals surface area contributed by atoms with Crippen LogP contribution >= 0.6 is 11.3 Å². The van der Waals surface area contributed by atoms with Gasteiger partial charge in [0.25, 0.3) is 5.56 Å². The van der Waals surface area contributed by atoms with E-state index in [0.717, 1.165) is 24.0 Å². The molecule has 5 rings (SSSR count). The van der Waals surface area contributed by atoms with Crippen LogP contribution in [0.15, 0.2) is 93.9 Å². The van der Waals surface area contributed by atoms with Crippen molar-refractivity contribution >= 4 is 29.4 Å². The van der Waals surface area contributed by atoms with Crippen molar-refractivity contribution in [3.63, 3.8) is 0 Å². The number of nitrogens with zero attached hydrogens (tertiary/aromatic N) is 2. The summed E-state index contributed by atoms with van der Waals surface area (Å²) in [6.07, 6.45) is 3.72. The Morgan fingerprint density at radius 3 is 2.42 bits per heavy atom. The monoisotopic (exact) mass is 626 g/mol. The lowest BCUT2D eigenvalue weighted by Crippen LogP contribution is -2.39. The summed E-state index contributed by atoms with van der Waals surface area (Å²) in [4.78, 5) is 44.9. The molecule has 0 N–H and O–H groups in total. The molecule has 0 saturated carbocycles. The minimum absolute atomic E-state index is 0.0643. The van der Waals surface area contributed by atoms with Crippen molar-refractivity contribution in [1.82, 2.24) is 4.57 Å². The normalized spacial score (nSPS) is 14.4. The van der Waals surface area contributed by atoms with Crippen molar-refractivity contribution in [2.24, 2.45) is 4.99 Å². The first-order chi connectivity index (χ1) is 21.8. The van der Waals surface area contributed by atoms with Crippen molar-refractivity contribution in [2.45, 2.75) is 39.3 Å². The predicted octanol–water partition coefficient (Wildman–Crippen LogP) is 4.95.